The quantitative estimate of drug-likeness (QED) is 0.157. The highest BCUT2D eigenvalue weighted by Gasteiger charge is 2.32. The first-order valence-corrected chi connectivity index (χ1v) is 14.1. The van der Waals surface area contributed by atoms with Gasteiger partial charge in [-0.15, -0.1) is 0 Å². The SMILES string of the molecule is [C-]#[N+]c1c(N2CCN(C(=O)C=C)C[C@@H]2C)c2cc(Cl)c(-c3c(N)cccc3F)cc2n(-c2ccccc2C(C)C)c1=O. The number of aromatic nitrogens is 1. The maximum absolute atomic E-state index is 15.2. The molecule has 1 aromatic heterocycles. The van der Waals surface area contributed by atoms with E-state index in [-0.39, 0.29) is 39.8 Å². The second-order valence-electron chi connectivity index (χ2n) is 10.7. The highest BCUT2D eigenvalue weighted by atomic mass is 35.5. The molecule has 0 unspecified atom stereocenters. The number of hydrogen-bond donors (Lipinski definition) is 1. The number of fused-ring (bicyclic) bond motifs is 1. The average Bonchev–Trinajstić information content (AvgIpc) is 2.96. The number of benzene rings is 3. The molecule has 0 saturated carbocycles. The minimum atomic E-state index is -0.539. The van der Waals surface area contributed by atoms with Crippen molar-refractivity contribution in [2.75, 3.05) is 30.3 Å². The maximum atomic E-state index is 15.2. The van der Waals surface area contributed by atoms with Gasteiger partial charge in [0.05, 0.1) is 23.5 Å². The van der Waals surface area contributed by atoms with E-state index in [2.05, 4.69) is 11.4 Å². The van der Waals surface area contributed by atoms with Crippen molar-refractivity contribution in [2.45, 2.75) is 32.7 Å². The first kappa shape index (κ1) is 28.9. The summed E-state index contributed by atoms with van der Waals surface area (Å²) >= 11 is 6.86. The van der Waals surface area contributed by atoms with Crippen LogP contribution in [-0.2, 0) is 4.79 Å². The fourth-order valence-electron chi connectivity index (χ4n) is 5.83. The molecular weight excluding hydrogens is 553 g/mol. The summed E-state index contributed by atoms with van der Waals surface area (Å²) in [7, 11) is 0. The van der Waals surface area contributed by atoms with Crippen LogP contribution in [0.1, 0.15) is 32.3 Å². The molecule has 1 amide bonds. The standard InChI is InChI=1S/C33H31ClFN5O2/c1-6-29(41)38-14-15-39(20(4)18-38)32-23-16-24(34)22(30-25(35)11-9-12-26(30)36)17-28(23)40(33(42)31(32)37-5)27-13-8-7-10-21(27)19(2)3/h6-13,16-17,19-20H,1,14-15,18,36H2,2-4H3/t20-/m0/s1. The van der Waals surface area contributed by atoms with Crippen molar-refractivity contribution in [2.24, 2.45) is 0 Å². The molecule has 0 spiro atoms. The highest BCUT2D eigenvalue weighted by molar-refractivity contribution is 6.34. The predicted molar refractivity (Wildman–Crippen MR) is 168 cm³/mol. The Hall–Kier alpha value is -4.61. The summed E-state index contributed by atoms with van der Waals surface area (Å²) < 4.78 is 16.7. The largest absolute Gasteiger partial charge is 0.398 e. The third kappa shape index (κ3) is 4.80. The van der Waals surface area contributed by atoms with E-state index in [4.69, 9.17) is 23.9 Å². The third-order valence-electron chi connectivity index (χ3n) is 7.84. The van der Waals surface area contributed by atoms with E-state index in [1.54, 1.807) is 23.1 Å². The molecule has 1 aliphatic rings. The summed E-state index contributed by atoms with van der Waals surface area (Å²) in [5.41, 5.74) is 8.81. The fourth-order valence-corrected chi connectivity index (χ4v) is 6.08. The van der Waals surface area contributed by atoms with Crippen LogP contribution in [0, 0.1) is 12.4 Å². The molecule has 1 fully saturated rings. The number of nitrogen functional groups attached to an aromatic ring is 1. The molecule has 0 radical (unpaired) electrons. The Kier molecular flexibility index (Phi) is 7.81. The number of piperazine rings is 1. The molecule has 1 aliphatic heterocycles. The van der Waals surface area contributed by atoms with Gasteiger partial charge in [0.2, 0.25) is 5.91 Å². The van der Waals surface area contributed by atoms with E-state index in [9.17, 15) is 9.59 Å². The Morgan fingerprint density at radius 2 is 1.93 bits per heavy atom. The van der Waals surface area contributed by atoms with Crippen molar-refractivity contribution in [3.63, 3.8) is 0 Å². The van der Waals surface area contributed by atoms with Gasteiger partial charge in [0, 0.05) is 52.9 Å². The van der Waals surface area contributed by atoms with Gasteiger partial charge in [-0.3, -0.25) is 14.2 Å². The summed E-state index contributed by atoms with van der Waals surface area (Å²) in [6.07, 6.45) is 1.28. The number of amides is 1. The molecule has 1 atom stereocenters. The first-order chi connectivity index (χ1) is 20.1. The van der Waals surface area contributed by atoms with Crippen molar-refractivity contribution in [3.05, 3.63) is 105 Å². The Bertz CT molecular complexity index is 1820. The number of para-hydroxylation sites is 1. The monoisotopic (exact) mass is 583 g/mol. The van der Waals surface area contributed by atoms with E-state index < -0.39 is 11.4 Å². The van der Waals surface area contributed by atoms with Crippen LogP contribution in [0.25, 0.3) is 32.6 Å². The number of nitrogens with two attached hydrogens (primary N) is 1. The van der Waals surface area contributed by atoms with Gasteiger partial charge in [-0.25, -0.2) is 9.24 Å². The highest BCUT2D eigenvalue weighted by Crippen LogP contribution is 2.43. The number of carbonyl (C=O) groups excluding carboxylic acids is 1. The van der Waals surface area contributed by atoms with Gasteiger partial charge in [0.25, 0.3) is 11.2 Å². The molecule has 1 saturated heterocycles. The Morgan fingerprint density at radius 1 is 1.19 bits per heavy atom. The number of pyridine rings is 1. The van der Waals surface area contributed by atoms with Crippen LogP contribution in [0.5, 0.6) is 0 Å². The molecule has 4 aromatic rings. The van der Waals surface area contributed by atoms with Gasteiger partial charge in [0.15, 0.2) is 0 Å². The predicted octanol–water partition coefficient (Wildman–Crippen LogP) is 6.93. The van der Waals surface area contributed by atoms with Gasteiger partial charge in [-0.1, -0.05) is 56.3 Å². The van der Waals surface area contributed by atoms with E-state index in [0.29, 0.717) is 47.5 Å². The molecule has 2 N–H and O–H groups in total. The average molecular weight is 584 g/mol. The first-order valence-electron chi connectivity index (χ1n) is 13.7. The summed E-state index contributed by atoms with van der Waals surface area (Å²) in [5, 5.41) is 0.796. The topological polar surface area (TPSA) is 75.9 Å². The van der Waals surface area contributed by atoms with Gasteiger partial charge < -0.3 is 15.5 Å². The van der Waals surface area contributed by atoms with E-state index in [0.717, 1.165) is 5.56 Å². The lowest BCUT2D eigenvalue weighted by Gasteiger charge is -2.42. The molecule has 0 bridgehead atoms. The van der Waals surface area contributed by atoms with Crippen molar-refractivity contribution >= 4 is 45.5 Å². The van der Waals surface area contributed by atoms with Crippen LogP contribution in [-0.4, -0.2) is 41.1 Å². The molecule has 9 heteroatoms. The number of carbonyl (C=O) groups is 1. The van der Waals surface area contributed by atoms with E-state index in [1.165, 1.54) is 22.8 Å². The van der Waals surface area contributed by atoms with E-state index in [1.807, 2.05) is 49.9 Å². The van der Waals surface area contributed by atoms with Crippen LogP contribution < -0.4 is 16.2 Å². The molecule has 2 heterocycles. The zero-order chi connectivity index (χ0) is 30.3. The lowest BCUT2D eigenvalue weighted by Crippen LogP contribution is -2.53. The minimum Gasteiger partial charge on any atom is -0.398 e. The number of hydrogen-bond acceptors (Lipinski definition) is 4. The normalized spacial score (nSPS) is 15.2. The number of nitrogens with zero attached hydrogens (tertiary/aromatic N) is 4. The summed E-state index contributed by atoms with van der Waals surface area (Å²) in [5.74, 6) is -0.640. The van der Waals surface area contributed by atoms with Gasteiger partial charge >= 0.3 is 0 Å². The lowest BCUT2D eigenvalue weighted by atomic mass is 9.97. The van der Waals surface area contributed by atoms with Crippen LogP contribution >= 0.6 is 11.6 Å². The van der Waals surface area contributed by atoms with Crippen LogP contribution in [0.2, 0.25) is 5.02 Å². The molecular formula is C33H31ClFN5O2. The Balaban J connectivity index is 1.89. The lowest BCUT2D eigenvalue weighted by molar-refractivity contribution is -0.126. The number of rotatable bonds is 5. The number of anilines is 2. The van der Waals surface area contributed by atoms with E-state index >= 15 is 4.39 Å². The van der Waals surface area contributed by atoms with Crippen molar-refractivity contribution in [1.29, 1.82) is 0 Å². The molecule has 5 rings (SSSR count). The van der Waals surface area contributed by atoms with Crippen LogP contribution in [0.15, 0.2) is 72.0 Å². The second kappa shape index (κ2) is 11.3. The number of halogens is 2. The molecule has 214 valence electrons. The summed E-state index contributed by atoms with van der Waals surface area (Å²) in [6, 6.07) is 15.1. The van der Waals surface area contributed by atoms with Gasteiger partial charge in [-0.2, -0.15) is 0 Å². The van der Waals surface area contributed by atoms with Gasteiger partial charge in [-0.05, 0) is 54.8 Å². The van der Waals surface area contributed by atoms with Crippen molar-refractivity contribution < 1.29 is 9.18 Å². The van der Waals surface area contributed by atoms with Crippen molar-refractivity contribution in [3.8, 4) is 16.8 Å². The summed E-state index contributed by atoms with van der Waals surface area (Å²) in [6.45, 7) is 18.9. The fraction of sp³-hybridized carbons (Fsp3) is 0.242. The minimum absolute atomic E-state index is 0.0503. The smallest absolute Gasteiger partial charge is 0.274 e. The van der Waals surface area contributed by atoms with Crippen molar-refractivity contribution in [1.82, 2.24) is 9.47 Å². The van der Waals surface area contributed by atoms with Gasteiger partial charge in [0.1, 0.15) is 5.82 Å². The second-order valence-corrected chi connectivity index (χ2v) is 11.2. The Morgan fingerprint density at radius 3 is 2.57 bits per heavy atom. The molecule has 3 aromatic carbocycles. The Labute approximate surface area is 249 Å². The zero-order valence-electron chi connectivity index (χ0n) is 23.7. The zero-order valence-corrected chi connectivity index (χ0v) is 24.5. The third-order valence-corrected chi connectivity index (χ3v) is 8.15. The maximum Gasteiger partial charge on any atom is 0.274 e. The summed E-state index contributed by atoms with van der Waals surface area (Å²) in [4.78, 5) is 34.1. The molecule has 42 heavy (non-hydrogen) atoms. The van der Waals surface area contributed by atoms with Crippen LogP contribution in [0.4, 0.5) is 21.5 Å². The molecule has 0 aliphatic carbocycles. The van der Waals surface area contributed by atoms with Crippen LogP contribution in [0.3, 0.4) is 0 Å². The molecule has 7 nitrogen and oxygen atoms in total.